The highest BCUT2D eigenvalue weighted by Crippen LogP contribution is 2.10. The molecule has 112 valence electrons. The second kappa shape index (κ2) is 8.61. The molecule has 1 rings (SSSR count). The summed E-state index contributed by atoms with van der Waals surface area (Å²) in [5.74, 6) is 5.35. The van der Waals surface area contributed by atoms with Crippen LogP contribution in [0.5, 0.6) is 0 Å². The highest BCUT2D eigenvalue weighted by molar-refractivity contribution is 5.96. The molecule has 4 N–H and O–H groups in total. The van der Waals surface area contributed by atoms with Gasteiger partial charge in [0.05, 0.1) is 18.7 Å². The Morgan fingerprint density at radius 3 is 2.86 bits per heavy atom. The normalized spacial score (nSPS) is 9.43. The van der Waals surface area contributed by atoms with Gasteiger partial charge in [0.15, 0.2) is 0 Å². The van der Waals surface area contributed by atoms with E-state index < -0.39 is 6.09 Å². The summed E-state index contributed by atoms with van der Waals surface area (Å²) in [6.07, 6.45) is -0.531. The van der Waals surface area contributed by atoms with E-state index in [4.69, 9.17) is 10.8 Å². The number of primary amides is 1. The lowest BCUT2D eigenvalue weighted by molar-refractivity contribution is 0.0936. The average molecular weight is 290 g/mol. The third-order valence-corrected chi connectivity index (χ3v) is 2.51. The molecule has 2 amide bonds. The minimum atomic E-state index is -0.879. The Morgan fingerprint density at radius 2 is 2.19 bits per heavy atom. The molecule has 0 aliphatic carbocycles. The second-order valence-corrected chi connectivity index (χ2v) is 4.25. The van der Waals surface area contributed by atoms with E-state index in [-0.39, 0.29) is 25.7 Å². The van der Waals surface area contributed by atoms with Gasteiger partial charge < -0.3 is 20.9 Å². The van der Waals surface area contributed by atoms with Gasteiger partial charge in [0.1, 0.15) is 6.61 Å². The third-order valence-electron chi connectivity index (χ3n) is 2.51. The molecule has 0 radical (unpaired) electrons. The minimum Gasteiger partial charge on any atom is -0.448 e. The van der Waals surface area contributed by atoms with E-state index in [0.717, 1.165) is 5.56 Å². The van der Waals surface area contributed by atoms with Crippen LogP contribution in [0.4, 0.5) is 4.79 Å². The van der Waals surface area contributed by atoms with Crippen molar-refractivity contribution in [1.82, 2.24) is 5.32 Å². The quantitative estimate of drug-likeness (QED) is 0.544. The largest absolute Gasteiger partial charge is 0.448 e. The van der Waals surface area contributed by atoms with Crippen molar-refractivity contribution in [1.29, 1.82) is 0 Å². The van der Waals surface area contributed by atoms with E-state index in [1.807, 2.05) is 13.0 Å². The van der Waals surface area contributed by atoms with Crippen LogP contribution in [0, 0.1) is 18.8 Å². The van der Waals surface area contributed by atoms with Crippen molar-refractivity contribution in [3.05, 3.63) is 34.9 Å². The molecule has 21 heavy (non-hydrogen) atoms. The van der Waals surface area contributed by atoms with Crippen LogP contribution in [0.1, 0.15) is 27.9 Å². The first-order valence-corrected chi connectivity index (χ1v) is 6.45. The Balaban J connectivity index is 2.74. The summed E-state index contributed by atoms with van der Waals surface area (Å²) in [4.78, 5) is 22.5. The zero-order chi connectivity index (χ0) is 15.7. The molecular weight excluding hydrogens is 272 g/mol. The molecule has 0 spiro atoms. The molecule has 0 aliphatic rings. The Kier molecular flexibility index (Phi) is 6.78. The number of aliphatic hydroxyl groups is 1. The monoisotopic (exact) mass is 290 g/mol. The first-order chi connectivity index (χ1) is 10.0. The highest BCUT2D eigenvalue weighted by Gasteiger charge is 2.10. The van der Waals surface area contributed by atoms with Gasteiger partial charge in [-0.25, -0.2) is 4.79 Å². The van der Waals surface area contributed by atoms with Crippen LogP contribution in [0.25, 0.3) is 0 Å². The maximum atomic E-state index is 12.1. The van der Waals surface area contributed by atoms with Crippen molar-refractivity contribution >= 4 is 12.0 Å². The van der Waals surface area contributed by atoms with E-state index in [2.05, 4.69) is 21.9 Å². The van der Waals surface area contributed by atoms with Crippen LogP contribution < -0.4 is 11.1 Å². The molecule has 0 unspecified atom stereocenters. The van der Waals surface area contributed by atoms with Crippen LogP contribution in [-0.2, 0) is 4.74 Å². The summed E-state index contributed by atoms with van der Waals surface area (Å²) >= 11 is 0. The van der Waals surface area contributed by atoms with Crippen molar-refractivity contribution < 1.29 is 19.4 Å². The molecule has 0 saturated carbocycles. The number of hydrogen-bond donors (Lipinski definition) is 3. The number of benzene rings is 1. The van der Waals surface area contributed by atoms with Crippen LogP contribution in [0.3, 0.4) is 0 Å². The van der Waals surface area contributed by atoms with Gasteiger partial charge in [-0.3, -0.25) is 4.79 Å². The summed E-state index contributed by atoms with van der Waals surface area (Å²) in [6, 6.07) is 5.30. The molecule has 6 nitrogen and oxygen atoms in total. The van der Waals surface area contributed by atoms with E-state index in [1.165, 1.54) is 0 Å². The number of hydrogen-bond acceptors (Lipinski definition) is 4. The summed E-state index contributed by atoms with van der Waals surface area (Å²) in [6.45, 7) is 2.06. The predicted molar refractivity (Wildman–Crippen MR) is 77.6 cm³/mol. The van der Waals surface area contributed by atoms with E-state index in [0.29, 0.717) is 17.5 Å². The van der Waals surface area contributed by atoms with Crippen molar-refractivity contribution in [3.8, 4) is 11.8 Å². The molecular formula is C15H18N2O4. The van der Waals surface area contributed by atoms with E-state index >= 15 is 0 Å². The van der Waals surface area contributed by atoms with Gasteiger partial charge >= 0.3 is 6.09 Å². The van der Waals surface area contributed by atoms with Crippen LogP contribution in [0.2, 0.25) is 0 Å². The van der Waals surface area contributed by atoms with E-state index in [1.54, 1.807) is 12.1 Å². The standard InChI is InChI=1S/C15H18N2O4/c1-11-5-6-13(12(10-11)4-2-3-8-18)14(19)17-7-9-21-15(16)20/h5-6,10,18H,3,7-9H2,1H3,(H2,16,20)(H,17,19). The fourth-order valence-electron chi connectivity index (χ4n) is 1.58. The van der Waals surface area contributed by atoms with Crippen LogP contribution >= 0.6 is 0 Å². The van der Waals surface area contributed by atoms with Gasteiger partial charge in [-0.05, 0) is 24.6 Å². The third kappa shape index (κ3) is 5.97. The summed E-state index contributed by atoms with van der Waals surface area (Å²) in [5.41, 5.74) is 6.83. The van der Waals surface area contributed by atoms with E-state index in [9.17, 15) is 9.59 Å². The number of amides is 2. The minimum absolute atomic E-state index is 0.0124. The zero-order valence-electron chi connectivity index (χ0n) is 11.8. The number of carbonyl (C=O) groups is 2. The van der Waals surface area contributed by atoms with Crippen molar-refractivity contribution in [2.45, 2.75) is 13.3 Å². The fourth-order valence-corrected chi connectivity index (χ4v) is 1.58. The topological polar surface area (TPSA) is 102 Å². The molecule has 6 heteroatoms. The summed E-state index contributed by atoms with van der Waals surface area (Å²) < 4.78 is 4.53. The summed E-state index contributed by atoms with van der Waals surface area (Å²) in [5, 5.41) is 11.3. The number of carbonyl (C=O) groups excluding carboxylic acids is 2. The lowest BCUT2D eigenvalue weighted by Gasteiger charge is -2.08. The van der Waals surface area contributed by atoms with Crippen LogP contribution in [0.15, 0.2) is 18.2 Å². The Morgan fingerprint density at radius 1 is 1.43 bits per heavy atom. The molecule has 0 heterocycles. The molecule has 0 bridgehead atoms. The van der Waals surface area contributed by atoms with Gasteiger partial charge in [0.2, 0.25) is 0 Å². The van der Waals surface area contributed by atoms with Gasteiger partial charge in [-0.15, -0.1) is 0 Å². The van der Waals surface area contributed by atoms with Crippen molar-refractivity contribution in [2.24, 2.45) is 5.73 Å². The van der Waals surface area contributed by atoms with Crippen molar-refractivity contribution in [2.75, 3.05) is 19.8 Å². The first kappa shape index (κ1) is 16.5. The van der Waals surface area contributed by atoms with Gasteiger partial charge in [-0.1, -0.05) is 17.9 Å². The van der Waals surface area contributed by atoms with Gasteiger partial charge in [0, 0.05) is 12.0 Å². The molecule has 0 atom stereocenters. The lowest BCUT2D eigenvalue weighted by Crippen LogP contribution is -2.29. The maximum absolute atomic E-state index is 12.1. The first-order valence-electron chi connectivity index (χ1n) is 6.45. The smallest absolute Gasteiger partial charge is 0.404 e. The zero-order valence-corrected chi connectivity index (χ0v) is 11.8. The molecule has 0 saturated heterocycles. The lowest BCUT2D eigenvalue weighted by atomic mass is 10.0. The van der Waals surface area contributed by atoms with Gasteiger partial charge in [-0.2, -0.15) is 0 Å². The fraction of sp³-hybridized carbons (Fsp3) is 0.333. The molecule has 1 aromatic carbocycles. The summed E-state index contributed by atoms with van der Waals surface area (Å²) in [7, 11) is 0. The maximum Gasteiger partial charge on any atom is 0.404 e. The molecule has 1 aromatic rings. The Labute approximate surface area is 123 Å². The average Bonchev–Trinajstić information content (AvgIpc) is 2.43. The predicted octanol–water partition coefficient (Wildman–Crippen LogP) is 0.554. The Bertz CT molecular complexity index is 573. The molecule has 0 aliphatic heterocycles. The second-order valence-electron chi connectivity index (χ2n) is 4.25. The number of nitrogens with two attached hydrogens (primary N) is 1. The number of aryl methyl sites for hydroxylation is 1. The number of nitrogens with one attached hydrogen (secondary N) is 1. The number of ether oxygens (including phenoxy) is 1. The number of aliphatic hydroxyl groups excluding tert-OH is 1. The van der Waals surface area contributed by atoms with Crippen molar-refractivity contribution in [3.63, 3.8) is 0 Å². The molecule has 0 fully saturated rings. The highest BCUT2D eigenvalue weighted by atomic mass is 16.5. The Hall–Kier alpha value is -2.52. The van der Waals surface area contributed by atoms with Crippen LogP contribution in [-0.4, -0.2) is 36.9 Å². The van der Waals surface area contributed by atoms with Gasteiger partial charge in [0.25, 0.3) is 5.91 Å². The SMILES string of the molecule is Cc1ccc(C(=O)NCCOC(N)=O)c(C#CCCO)c1. The number of rotatable bonds is 5. The molecule has 0 aromatic heterocycles.